The third kappa shape index (κ3) is 3.20. The number of benzene rings is 1. The van der Waals surface area contributed by atoms with Gasteiger partial charge in [-0.25, -0.2) is 4.39 Å². The van der Waals surface area contributed by atoms with E-state index >= 15 is 0 Å². The van der Waals surface area contributed by atoms with Gasteiger partial charge < -0.3 is 4.90 Å². The lowest BCUT2D eigenvalue weighted by molar-refractivity contribution is -0.385. The third-order valence-electron chi connectivity index (χ3n) is 2.93. The summed E-state index contributed by atoms with van der Waals surface area (Å²) in [6, 6.07) is 2.78. The van der Waals surface area contributed by atoms with Gasteiger partial charge in [0.05, 0.1) is 10.5 Å². The lowest BCUT2D eigenvalue weighted by atomic mass is 10.0. The molecular formula is C12H14ClFN2O3. The van der Waals surface area contributed by atoms with Crippen LogP contribution in [0.15, 0.2) is 18.2 Å². The van der Waals surface area contributed by atoms with Crippen molar-refractivity contribution >= 4 is 23.2 Å². The molecule has 7 heteroatoms. The summed E-state index contributed by atoms with van der Waals surface area (Å²) in [5.41, 5.74) is -1.41. The Balaban J connectivity index is 3.26. The molecule has 104 valence electrons. The molecule has 0 atom stereocenters. The van der Waals surface area contributed by atoms with E-state index < -0.39 is 27.9 Å². The zero-order valence-corrected chi connectivity index (χ0v) is 11.6. The number of alkyl halides is 1. The van der Waals surface area contributed by atoms with Gasteiger partial charge in [0.1, 0.15) is 11.4 Å². The number of rotatable bonds is 4. The lowest BCUT2D eigenvalue weighted by Gasteiger charge is -2.33. The SMILES string of the molecule is CN(C(=O)c1cc(F)ccc1[N+](=O)[O-])C(C)(C)CCl. The molecule has 0 aliphatic rings. The molecule has 1 amide bonds. The number of halogens is 2. The number of hydrogen-bond acceptors (Lipinski definition) is 3. The molecule has 0 saturated carbocycles. The van der Waals surface area contributed by atoms with Gasteiger partial charge in [0.25, 0.3) is 11.6 Å². The number of nitro groups is 1. The first-order valence-electron chi connectivity index (χ1n) is 5.49. The van der Waals surface area contributed by atoms with Gasteiger partial charge in [-0.15, -0.1) is 11.6 Å². The fourth-order valence-electron chi connectivity index (χ4n) is 1.38. The molecule has 19 heavy (non-hydrogen) atoms. The minimum absolute atomic E-state index is 0.151. The molecule has 0 fully saturated rings. The first-order valence-corrected chi connectivity index (χ1v) is 6.02. The first kappa shape index (κ1) is 15.4. The Morgan fingerprint density at radius 1 is 1.53 bits per heavy atom. The number of nitrogens with zero attached hydrogens (tertiary/aromatic N) is 2. The highest BCUT2D eigenvalue weighted by Crippen LogP contribution is 2.24. The largest absolute Gasteiger partial charge is 0.335 e. The van der Waals surface area contributed by atoms with Crippen LogP contribution in [-0.4, -0.2) is 34.2 Å². The van der Waals surface area contributed by atoms with Crippen molar-refractivity contribution in [1.29, 1.82) is 0 Å². The van der Waals surface area contributed by atoms with E-state index in [0.29, 0.717) is 0 Å². The second kappa shape index (κ2) is 5.52. The van der Waals surface area contributed by atoms with E-state index in [1.807, 2.05) is 0 Å². The summed E-state index contributed by atoms with van der Waals surface area (Å²) in [6.45, 7) is 3.42. The fourth-order valence-corrected chi connectivity index (χ4v) is 1.56. The Labute approximate surface area is 115 Å². The summed E-state index contributed by atoms with van der Waals surface area (Å²) in [4.78, 5) is 23.6. The molecule has 0 unspecified atom stereocenters. The molecule has 0 aliphatic carbocycles. The molecule has 0 N–H and O–H groups in total. The summed E-state index contributed by atoms with van der Waals surface area (Å²) in [7, 11) is 1.47. The van der Waals surface area contributed by atoms with E-state index in [-0.39, 0.29) is 11.4 Å². The van der Waals surface area contributed by atoms with Crippen LogP contribution in [0.5, 0.6) is 0 Å². The van der Waals surface area contributed by atoms with Gasteiger partial charge in [0.2, 0.25) is 0 Å². The molecule has 0 radical (unpaired) electrons. The quantitative estimate of drug-likeness (QED) is 0.486. The highest BCUT2D eigenvalue weighted by atomic mass is 35.5. The van der Waals surface area contributed by atoms with Gasteiger partial charge in [0, 0.05) is 19.0 Å². The highest BCUT2D eigenvalue weighted by molar-refractivity contribution is 6.18. The second-order valence-electron chi connectivity index (χ2n) is 4.73. The summed E-state index contributed by atoms with van der Waals surface area (Å²) in [5, 5.41) is 10.9. The molecule has 0 aromatic heterocycles. The molecule has 1 aromatic rings. The molecule has 0 aliphatic heterocycles. The minimum Gasteiger partial charge on any atom is -0.335 e. The van der Waals surface area contributed by atoms with Crippen molar-refractivity contribution in [3.05, 3.63) is 39.7 Å². The second-order valence-corrected chi connectivity index (χ2v) is 5.00. The van der Waals surface area contributed by atoms with Gasteiger partial charge in [0.15, 0.2) is 0 Å². The van der Waals surface area contributed by atoms with Crippen LogP contribution in [0, 0.1) is 15.9 Å². The summed E-state index contributed by atoms with van der Waals surface area (Å²) in [5.74, 6) is -1.19. The predicted molar refractivity (Wildman–Crippen MR) is 69.9 cm³/mol. The van der Waals surface area contributed by atoms with Gasteiger partial charge in [-0.1, -0.05) is 0 Å². The Kier molecular flexibility index (Phi) is 4.47. The van der Waals surface area contributed by atoms with Crippen molar-refractivity contribution in [2.24, 2.45) is 0 Å². The van der Waals surface area contributed by atoms with Crippen molar-refractivity contribution in [3.63, 3.8) is 0 Å². The van der Waals surface area contributed by atoms with Crippen molar-refractivity contribution in [2.75, 3.05) is 12.9 Å². The maximum Gasteiger partial charge on any atom is 0.282 e. The van der Waals surface area contributed by atoms with Crippen molar-refractivity contribution in [3.8, 4) is 0 Å². The van der Waals surface area contributed by atoms with Crippen LogP contribution in [-0.2, 0) is 0 Å². The average Bonchev–Trinajstić information content (AvgIpc) is 2.36. The van der Waals surface area contributed by atoms with E-state index in [2.05, 4.69) is 0 Å². The molecule has 0 saturated heterocycles. The standard InChI is InChI=1S/C12H14ClFN2O3/c1-12(2,7-13)15(3)11(17)9-6-8(14)4-5-10(9)16(18)19/h4-6H,7H2,1-3H3. The first-order chi connectivity index (χ1) is 8.70. The topological polar surface area (TPSA) is 63.5 Å². The molecule has 0 heterocycles. The maximum atomic E-state index is 13.2. The monoisotopic (exact) mass is 288 g/mol. The number of hydrogen-bond donors (Lipinski definition) is 0. The third-order valence-corrected chi connectivity index (χ3v) is 3.58. The Morgan fingerprint density at radius 2 is 2.11 bits per heavy atom. The number of nitro benzene ring substituents is 1. The van der Waals surface area contributed by atoms with Crippen LogP contribution in [0.25, 0.3) is 0 Å². The van der Waals surface area contributed by atoms with E-state index in [1.165, 1.54) is 11.9 Å². The predicted octanol–water partition coefficient (Wildman–Crippen LogP) is 2.82. The van der Waals surface area contributed by atoms with Crippen LogP contribution in [0.3, 0.4) is 0 Å². The Hall–Kier alpha value is -1.69. The van der Waals surface area contributed by atoms with Crippen molar-refractivity contribution in [2.45, 2.75) is 19.4 Å². The zero-order chi connectivity index (χ0) is 14.8. The van der Waals surface area contributed by atoms with E-state index in [9.17, 15) is 19.3 Å². The van der Waals surface area contributed by atoms with Crippen molar-refractivity contribution < 1.29 is 14.1 Å². The maximum absolute atomic E-state index is 13.2. The molecule has 0 bridgehead atoms. The molecule has 0 spiro atoms. The lowest BCUT2D eigenvalue weighted by Crippen LogP contribution is -2.46. The van der Waals surface area contributed by atoms with Crippen LogP contribution < -0.4 is 0 Å². The van der Waals surface area contributed by atoms with Gasteiger partial charge in [-0.05, 0) is 26.0 Å². The Bertz CT molecular complexity index is 520. The molecular weight excluding hydrogens is 275 g/mol. The van der Waals surface area contributed by atoms with Crippen LogP contribution >= 0.6 is 11.6 Å². The van der Waals surface area contributed by atoms with Crippen LogP contribution in [0.2, 0.25) is 0 Å². The van der Waals surface area contributed by atoms with Crippen LogP contribution in [0.4, 0.5) is 10.1 Å². The van der Waals surface area contributed by atoms with E-state index in [0.717, 1.165) is 18.2 Å². The van der Waals surface area contributed by atoms with Gasteiger partial charge >= 0.3 is 0 Å². The Morgan fingerprint density at radius 3 is 2.58 bits per heavy atom. The molecule has 1 rings (SSSR count). The summed E-state index contributed by atoms with van der Waals surface area (Å²) in [6.07, 6.45) is 0. The van der Waals surface area contributed by atoms with Gasteiger partial charge in [-0.3, -0.25) is 14.9 Å². The average molecular weight is 289 g/mol. The van der Waals surface area contributed by atoms with Crippen molar-refractivity contribution in [1.82, 2.24) is 4.90 Å². The van der Waals surface area contributed by atoms with E-state index in [1.54, 1.807) is 13.8 Å². The highest BCUT2D eigenvalue weighted by Gasteiger charge is 2.31. The molecule has 5 nitrogen and oxygen atoms in total. The smallest absolute Gasteiger partial charge is 0.282 e. The number of carbonyl (C=O) groups excluding carboxylic acids is 1. The summed E-state index contributed by atoms with van der Waals surface area (Å²) >= 11 is 5.75. The number of amides is 1. The normalized spacial score (nSPS) is 11.2. The zero-order valence-electron chi connectivity index (χ0n) is 10.8. The van der Waals surface area contributed by atoms with E-state index in [4.69, 9.17) is 11.6 Å². The minimum atomic E-state index is -0.714. The fraction of sp³-hybridized carbons (Fsp3) is 0.417. The summed E-state index contributed by atoms with van der Waals surface area (Å²) < 4.78 is 13.2. The number of carbonyl (C=O) groups is 1. The van der Waals surface area contributed by atoms with Crippen LogP contribution in [0.1, 0.15) is 24.2 Å². The molecule has 1 aromatic carbocycles. The van der Waals surface area contributed by atoms with Gasteiger partial charge in [-0.2, -0.15) is 0 Å².